The molecule has 0 unspecified atom stereocenters. The lowest BCUT2D eigenvalue weighted by atomic mass is 10.8. The Hall–Kier alpha value is 0.230. The van der Waals surface area contributed by atoms with Gasteiger partial charge in [0.1, 0.15) is 0 Å². The minimum absolute atomic E-state index is 0.312. The average molecular weight is 155 g/mol. The lowest BCUT2D eigenvalue weighted by molar-refractivity contribution is 0.495. The van der Waals surface area contributed by atoms with E-state index in [1.807, 2.05) is 13.8 Å². The summed E-state index contributed by atoms with van der Waals surface area (Å²) in [5.41, 5.74) is 5.02. The second-order valence-corrected chi connectivity index (χ2v) is 3.88. The molecule has 0 radical (unpaired) electrons. The molecule has 0 amide bonds. The first-order valence-corrected chi connectivity index (χ1v) is 5.09. The van der Waals surface area contributed by atoms with Crippen LogP contribution in [0.25, 0.3) is 0 Å². The predicted octanol–water partition coefficient (Wildman–Crippen LogP) is 1.35. The van der Waals surface area contributed by atoms with Crippen LogP contribution < -0.4 is 5.73 Å². The highest BCUT2D eigenvalue weighted by molar-refractivity contribution is 8.23. The third-order valence-corrected chi connectivity index (χ3v) is 1.51. The zero-order chi connectivity index (χ0) is 7.91. The molecule has 4 N–H and O–H groups in total. The highest BCUT2D eigenvalue weighted by atomic mass is 32.3. The van der Waals surface area contributed by atoms with Crippen LogP contribution in [0, 0.1) is 0 Å². The fourth-order valence-electron chi connectivity index (χ4n) is 0.223. The van der Waals surface area contributed by atoms with Gasteiger partial charge in [0, 0.05) is 18.6 Å². The van der Waals surface area contributed by atoms with Gasteiger partial charge in [-0.05, 0) is 0 Å². The standard InChI is InChI=1S/C3H11NO2S.C2H6/c1-7(5,6)3-2-4;1-2/h5-6H,2-4H2,1H3;1-2H3. The molecule has 9 heavy (non-hydrogen) atoms. The van der Waals surface area contributed by atoms with Crippen LogP contribution in [0.4, 0.5) is 0 Å². The van der Waals surface area contributed by atoms with Crippen molar-refractivity contribution in [2.75, 3.05) is 18.6 Å². The molecule has 0 saturated carbocycles. The van der Waals surface area contributed by atoms with Crippen LogP contribution in [0.3, 0.4) is 0 Å². The first-order valence-electron chi connectivity index (χ1n) is 2.97. The van der Waals surface area contributed by atoms with Gasteiger partial charge in [-0.15, -0.1) is 0 Å². The van der Waals surface area contributed by atoms with E-state index >= 15 is 0 Å². The van der Waals surface area contributed by atoms with Gasteiger partial charge in [0.15, 0.2) is 0 Å². The van der Waals surface area contributed by atoms with Crippen LogP contribution in [-0.4, -0.2) is 27.7 Å². The van der Waals surface area contributed by atoms with Crippen molar-refractivity contribution in [3.05, 3.63) is 0 Å². The topological polar surface area (TPSA) is 66.5 Å². The molecule has 0 fully saturated rings. The summed E-state index contributed by atoms with van der Waals surface area (Å²) in [5, 5.41) is 0. The Kier molecular flexibility index (Phi) is 8.44. The monoisotopic (exact) mass is 155 g/mol. The number of hydrogen-bond acceptors (Lipinski definition) is 3. The van der Waals surface area contributed by atoms with Gasteiger partial charge in [0.05, 0.1) is 0 Å². The quantitative estimate of drug-likeness (QED) is 0.564. The minimum Gasteiger partial charge on any atom is -0.329 e. The molecule has 0 bridgehead atoms. The molecule has 0 saturated heterocycles. The van der Waals surface area contributed by atoms with E-state index in [1.165, 1.54) is 6.26 Å². The van der Waals surface area contributed by atoms with E-state index in [-0.39, 0.29) is 0 Å². The fourth-order valence-corrected chi connectivity index (χ4v) is 0.670. The van der Waals surface area contributed by atoms with E-state index in [1.54, 1.807) is 0 Å². The van der Waals surface area contributed by atoms with Crippen LogP contribution in [0.1, 0.15) is 13.8 Å². The van der Waals surface area contributed by atoms with Crippen molar-refractivity contribution in [3.63, 3.8) is 0 Å². The summed E-state index contributed by atoms with van der Waals surface area (Å²) in [6.07, 6.45) is 1.39. The van der Waals surface area contributed by atoms with Gasteiger partial charge >= 0.3 is 0 Å². The van der Waals surface area contributed by atoms with Gasteiger partial charge < -0.3 is 5.73 Å². The molecule has 0 atom stereocenters. The first kappa shape index (κ1) is 12.0. The SMILES string of the molecule is CC.CS(O)(O)CCN. The average Bonchev–Trinajstić information content (AvgIpc) is 1.69. The van der Waals surface area contributed by atoms with Crippen molar-refractivity contribution in [2.24, 2.45) is 5.73 Å². The lowest BCUT2D eigenvalue weighted by Crippen LogP contribution is -2.11. The van der Waals surface area contributed by atoms with Gasteiger partial charge in [0.25, 0.3) is 0 Å². The Balaban J connectivity index is 0. The van der Waals surface area contributed by atoms with Crippen molar-refractivity contribution in [3.8, 4) is 0 Å². The Bertz CT molecular complexity index is 53.4. The molecule has 0 heterocycles. The third kappa shape index (κ3) is 17.9. The Labute approximate surface area is 58.6 Å². The molecule has 0 rings (SSSR count). The Morgan fingerprint density at radius 2 is 1.67 bits per heavy atom. The molecule has 60 valence electrons. The number of nitrogens with two attached hydrogens (primary N) is 1. The second-order valence-electron chi connectivity index (χ2n) is 1.49. The lowest BCUT2D eigenvalue weighted by Gasteiger charge is -2.25. The van der Waals surface area contributed by atoms with Crippen LogP contribution in [0.15, 0.2) is 0 Å². The van der Waals surface area contributed by atoms with Crippen molar-refractivity contribution in [1.82, 2.24) is 0 Å². The highest BCUT2D eigenvalue weighted by Gasteiger charge is 1.98. The molecule has 0 aromatic heterocycles. The molecular weight excluding hydrogens is 138 g/mol. The van der Waals surface area contributed by atoms with E-state index in [2.05, 4.69) is 0 Å². The zero-order valence-corrected chi connectivity index (χ0v) is 7.11. The number of hydrogen-bond donors (Lipinski definition) is 3. The molecule has 4 heteroatoms. The normalized spacial score (nSPS) is 11.8. The largest absolute Gasteiger partial charge is 0.329 e. The summed E-state index contributed by atoms with van der Waals surface area (Å²) in [6.45, 7) is 4.35. The van der Waals surface area contributed by atoms with E-state index in [0.717, 1.165) is 0 Å². The summed E-state index contributed by atoms with van der Waals surface area (Å²) >= 11 is 0. The Morgan fingerprint density at radius 1 is 1.33 bits per heavy atom. The summed E-state index contributed by atoms with van der Waals surface area (Å²) < 4.78 is 17.2. The van der Waals surface area contributed by atoms with Gasteiger partial charge in [-0.3, -0.25) is 9.11 Å². The van der Waals surface area contributed by atoms with Crippen LogP contribution >= 0.6 is 10.6 Å². The fraction of sp³-hybridized carbons (Fsp3) is 1.00. The smallest absolute Gasteiger partial charge is 0.0493 e. The molecule has 3 nitrogen and oxygen atoms in total. The predicted molar refractivity (Wildman–Crippen MR) is 44.0 cm³/mol. The zero-order valence-electron chi connectivity index (χ0n) is 6.29. The summed E-state index contributed by atoms with van der Waals surface area (Å²) in [6, 6.07) is 0. The molecule has 0 spiro atoms. The molecule has 0 aliphatic heterocycles. The molecule has 0 aliphatic carbocycles. The van der Waals surface area contributed by atoms with Crippen molar-refractivity contribution in [1.29, 1.82) is 0 Å². The molecular formula is C5H17NO2S. The first-order chi connectivity index (χ1) is 4.06. The van der Waals surface area contributed by atoms with Gasteiger partial charge in [-0.1, -0.05) is 13.8 Å². The van der Waals surface area contributed by atoms with E-state index < -0.39 is 10.6 Å². The van der Waals surface area contributed by atoms with Crippen molar-refractivity contribution >= 4 is 10.6 Å². The molecule has 0 aromatic carbocycles. The Morgan fingerprint density at radius 3 is 1.67 bits per heavy atom. The maximum Gasteiger partial charge on any atom is 0.0493 e. The van der Waals surface area contributed by atoms with E-state index in [0.29, 0.717) is 12.3 Å². The van der Waals surface area contributed by atoms with Gasteiger partial charge in [-0.25, -0.2) is 0 Å². The summed E-state index contributed by atoms with van der Waals surface area (Å²) in [7, 11) is -2.30. The van der Waals surface area contributed by atoms with Gasteiger partial charge in [0.2, 0.25) is 0 Å². The summed E-state index contributed by atoms with van der Waals surface area (Å²) in [5.74, 6) is 0.312. The van der Waals surface area contributed by atoms with Gasteiger partial charge in [-0.2, -0.15) is 10.6 Å². The van der Waals surface area contributed by atoms with Crippen molar-refractivity contribution < 1.29 is 9.11 Å². The maximum absolute atomic E-state index is 8.58. The highest BCUT2D eigenvalue weighted by Crippen LogP contribution is 2.31. The third-order valence-electron chi connectivity index (χ3n) is 0.505. The van der Waals surface area contributed by atoms with Crippen LogP contribution in [0.5, 0.6) is 0 Å². The minimum atomic E-state index is -2.30. The number of rotatable bonds is 2. The van der Waals surface area contributed by atoms with Crippen LogP contribution in [0.2, 0.25) is 0 Å². The molecule has 0 aromatic rings. The molecule has 0 aliphatic rings. The van der Waals surface area contributed by atoms with E-state index in [4.69, 9.17) is 14.8 Å². The maximum atomic E-state index is 8.58. The van der Waals surface area contributed by atoms with E-state index in [9.17, 15) is 0 Å². The van der Waals surface area contributed by atoms with Crippen LogP contribution in [-0.2, 0) is 0 Å². The second kappa shape index (κ2) is 6.35. The summed E-state index contributed by atoms with van der Waals surface area (Å²) in [4.78, 5) is 0. The van der Waals surface area contributed by atoms with Crippen molar-refractivity contribution in [2.45, 2.75) is 13.8 Å².